The maximum Gasteiger partial charge on any atom is 0.255 e. The minimum Gasteiger partial charge on any atom is -0.368 e. The highest BCUT2D eigenvalue weighted by molar-refractivity contribution is 5.98. The molecular weight excluding hydrogens is 308 g/mol. The van der Waals surface area contributed by atoms with Crippen molar-refractivity contribution < 1.29 is 9.59 Å². The van der Waals surface area contributed by atoms with Gasteiger partial charge in [0.05, 0.1) is 17.8 Å². The van der Waals surface area contributed by atoms with Crippen molar-refractivity contribution >= 4 is 22.8 Å². The minimum atomic E-state index is -0.570. The van der Waals surface area contributed by atoms with Gasteiger partial charge in [0, 0.05) is 24.8 Å². The zero-order valence-corrected chi connectivity index (χ0v) is 13.3. The molecule has 0 aliphatic heterocycles. The SMILES string of the molecule is Cc1nn(-c2ccccn2)c2ncc(C(=O)N(C)CC(N)=O)cc12. The van der Waals surface area contributed by atoms with Gasteiger partial charge in [0.1, 0.15) is 0 Å². The van der Waals surface area contributed by atoms with Crippen molar-refractivity contribution in [3.8, 4) is 5.82 Å². The van der Waals surface area contributed by atoms with Crippen molar-refractivity contribution in [2.45, 2.75) is 6.92 Å². The molecule has 2 amide bonds. The third-order valence-corrected chi connectivity index (χ3v) is 3.56. The van der Waals surface area contributed by atoms with Gasteiger partial charge in [-0.15, -0.1) is 0 Å². The van der Waals surface area contributed by atoms with Crippen molar-refractivity contribution in [1.82, 2.24) is 24.6 Å². The van der Waals surface area contributed by atoms with Crippen LogP contribution in [-0.4, -0.2) is 50.1 Å². The Balaban J connectivity index is 2.03. The molecule has 0 atom stereocenters. The number of rotatable bonds is 4. The summed E-state index contributed by atoms with van der Waals surface area (Å²) in [5, 5.41) is 5.20. The average Bonchev–Trinajstić information content (AvgIpc) is 2.91. The number of hydrogen-bond acceptors (Lipinski definition) is 5. The zero-order chi connectivity index (χ0) is 17.3. The molecule has 0 fully saturated rings. The highest BCUT2D eigenvalue weighted by Crippen LogP contribution is 2.20. The lowest BCUT2D eigenvalue weighted by molar-refractivity contribution is -0.118. The van der Waals surface area contributed by atoms with Gasteiger partial charge in [0.2, 0.25) is 5.91 Å². The summed E-state index contributed by atoms with van der Waals surface area (Å²) in [7, 11) is 1.52. The lowest BCUT2D eigenvalue weighted by atomic mass is 10.2. The predicted octanol–water partition coefficient (Wildman–Crippen LogP) is 0.681. The molecule has 2 N–H and O–H groups in total. The number of carbonyl (C=O) groups excluding carboxylic acids is 2. The Morgan fingerprint density at radius 1 is 1.29 bits per heavy atom. The van der Waals surface area contributed by atoms with Gasteiger partial charge in [0.25, 0.3) is 5.91 Å². The van der Waals surface area contributed by atoms with Gasteiger partial charge in [-0.1, -0.05) is 6.07 Å². The first kappa shape index (κ1) is 15.6. The highest BCUT2D eigenvalue weighted by atomic mass is 16.2. The van der Waals surface area contributed by atoms with Crippen molar-refractivity contribution in [2.75, 3.05) is 13.6 Å². The fourth-order valence-electron chi connectivity index (χ4n) is 2.43. The molecule has 3 heterocycles. The van der Waals surface area contributed by atoms with Crippen molar-refractivity contribution in [3.05, 3.63) is 47.9 Å². The van der Waals surface area contributed by atoms with E-state index in [1.54, 1.807) is 16.9 Å². The van der Waals surface area contributed by atoms with E-state index < -0.39 is 5.91 Å². The van der Waals surface area contributed by atoms with E-state index in [9.17, 15) is 9.59 Å². The Morgan fingerprint density at radius 3 is 2.75 bits per heavy atom. The first-order chi connectivity index (χ1) is 11.5. The number of fused-ring (bicyclic) bond motifs is 1. The molecular formula is C16H16N6O2. The third kappa shape index (κ3) is 2.81. The van der Waals surface area contributed by atoms with E-state index in [-0.39, 0.29) is 12.5 Å². The second-order valence-corrected chi connectivity index (χ2v) is 5.41. The van der Waals surface area contributed by atoms with E-state index in [1.165, 1.54) is 18.1 Å². The third-order valence-electron chi connectivity index (χ3n) is 3.56. The van der Waals surface area contributed by atoms with Crippen LogP contribution in [0.5, 0.6) is 0 Å². The summed E-state index contributed by atoms with van der Waals surface area (Å²) in [6.07, 6.45) is 3.14. The number of amides is 2. The van der Waals surface area contributed by atoms with Gasteiger partial charge >= 0.3 is 0 Å². The first-order valence-corrected chi connectivity index (χ1v) is 7.28. The molecule has 0 aliphatic carbocycles. The number of likely N-dealkylation sites (N-methyl/N-ethyl adjacent to an activating group) is 1. The fraction of sp³-hybridized carbons (Fsp3) is 0.188. The number of nitrogens with two attached hydrogens (primary N) is 1. The summed E-state index contributed by atoms with van der Waals surface area (Å²) in [4.78, 5) is 33.2. The largest absolute Gasteiger partial charge is 0.368 e. The van der Waals surface area contributed by atoms with Crippen LogP contribution in [0.3, 0.4) is 0 Å². The molecule has 3 aromatic heterocycles. The van der Waals surface area contributed by atoms with Crippen molar-refractivity contribution in [2.24, 2.45) is 5.73 Å². The number of carbonyl (C=O) groups is 2. The molecule has 3 rings (SSSR count). The normalized spacial score (nSPS) is 10.8. The van der Waals surface area contributed by atoms with Crippen LogP contribution in [0.4, 0.5) is 0 Å². The number of nitrogens with zero attached hydrogens (tertiary/aromatic N) is 5. The van der Waals surface area contributed by atoms with Gasteiger partial charge in [-0.25, -0.2) is 9.97 Å². The van der Waals surface area contributed by atoms with E-state index in [1.807, 2.05) is 25.1 Å². The molecule has 0 saturated heterocycles. The Hall–Kier alpha value is -3.29. The molecule has 3 aromatic rings. The topological polar surface area (TPSA) is 107 Å². The van der Waals surface area contributed by atoms with E-state index >= 15 is 0 Å². The fourth-order valence-corrected chi connectivity index (χ4v) is 2.43. The molecule has 0 bridgehead atoms. The van der Waals surface area contributed by atoms with Crippen molar-refractivity contribution in [1.29, 1.82) is 0 Å². The smallest absolute Gasteiger partial charge is 0.255 e. The van der Waals surface area contributed by atoms with Gasteiger partial charge in [-0.2, -0.15) is 9.78 Å². The maximum absolute atomic E-state index is 12.4. The number of aromatic nitrogens is 4. The maximum atomic E-state index is 12.4. The minimum absolute atomic E-state index is 0.150. The molecule has 0 radical (unpaired) electrons. The Kier molecular flexibility index (Phi) is 3.95. The zero-order valence-electron chi connectivity index (χ0n) is 13.3. The quantitative estimate of drug-likeness (QED) is 0.759. The summed E-state index contributed by atoms with van der Waals surface area (Å²) in [5.41, 5.74) is 6.84. The number of pyridine rings is 2. The van der Waals surface area contributed by atoms with Gasteiger partial charge < -0.3 is 10.6 Å². The van der Waals surface area contributed by atoms with E-state index in [0.717, 1.165) is 11.1 Å². The first-order valence-electron chi connectivity index (χ1n) is 7.28. The van der Waals surface area contributed by atoms with Crippen molar-refractivity contribution in [3.63, 3.8) is 0 Å². The summed E-state index contributed by atoms with van der Waals surface area (Å²) >= 11 is 0. The van der Waals surface area contributed by atoms with E-state index in [4.69, 9.17) is 5.73 Å². The number of primary amides is 1. The van der Waals surface area contributed by atoms with Crippen LogP contribution in [0.2, 0.25) is 0 Å². The van der Waals surface area contributed by atoms with Crippen LogP contribution in [0.25, 0.3) is 16.9 Å². The Morgan fingerprint density at radius 2 is 2.08 bits per heavy atom. The molecule has 0 aromatic carbocycles. The molecule has 0 spiro atoms. The molecule has 8 heteroatoms. The molecule has 0 unspecified atom stereocenters. The average molecular weight is 324 g/mol. The van der Waals surface area contributed by atoms with Crippen LogP contribution in [0.15, 0.2) is 36.7 Å². The number of aryl methyl sites for hydroxylation is 1. The van der Waals surface area contributed by atoms with Crippen LogP contribution < -0.4 is 5.73 Å². The molecule has 8 nitrogen and oxygen atoms in total. The summed E-state index contributed by atoms with van der Waals surface area (Å²) in [6.45, 7) is 1.69. The molecule has 24 heavy (non-hydrogen) atoms. The highest BCUT2D eigenvalue weighted by Gasteiger charge is 2.17. The van der Waals surface area contributed by atoms with Gasteiger partial charge in [0.15, 0.2) is 11.5 Å². The second-order valence-electron chi connectivity index (χ2n) is 5.41. The van der Waals surface area contributed by atoms with Crippen LogP contribution in [-0.2, 0) is 4.79 Å². The summed E-state index contributed by atoms with van der Waals surface area (Å²) in [6, 6.07) is 7.22. The van der Waals surface area contributed by atoms with E-state index in [2.05, 4.69) is 15.1 Å². The summed E-state index contributed by atoms with van der Waals surface area (Å²) < 4.78 is 1.63. The lowest BCUT2D eigenvalue weighted by Crippen LogP contribution is -2.35. The van der Waals surface area contributed by atoms with E-state index in [0.29, 0.717) is 17.0 Å². The molecule has 122 valence electrons. The van der Waals surface area contributed by atoms with Gasteiger partial charge in [-0.3, -0.25) is 9.59 Å². The van der Waals surface area contributed by atoms with Crippen LogP contribution in [0.1, 0.15) is 16.1 Å². The molecule has 0 aliphatic rings. The number of hydrogen-bond donors (Lipinski definition) is 1. The lowest BCUT2D eigenvalue weighted by Gasteiger charge is -2.14. The standard InChI is InChI=1S/C16H16N6O2/c1-10-12-7-11(16(24)21(2)9-13(17)23)8-19-15(12)22(20-10)14-5-3-4-6-18-14/h3-8H,9H2,1-2H3,(H2,17,23). The Bertz CT molecular complexity index is 919. The molecule has 0 saturated carbocycles. The Labute approximate surface area is 137 Å². The van der Waals surface area contributed by atoms with Crippen LogP contribution in [0, 0.1) is 6.92 Å². The summed E-state index contributed by atoms with van der Waals surface area (Å²) in [5.74, 6) is -0.250. The van der Waals surface area contributed by atoms with Crippen LogP contribution >= 0.6 is 0 Å². The van der Waals surface area contributed by atoms with Gasteiger partial charge in [-0.05, 0) is 25.1 Å². The second kappa shape index (κ2) is 6.07. The predicted molar refractivity (Wildman–Crippen MR) is 87.6 cm³/mol. The monoisotopic (exact) mass is 324 g/mol.